The number of aryl methyl sites for hydroxylation is 2. The first-order chi connectivity index (χ1) is 8.58. The topological polar surface area (TPSA) is 54.7 Å². The smallest absolute Gasteiger partial charge is 0.141 e. The van der Waals surface area contributed by atoms with Gasteiger partial charge in [0, 0.05) is 4.88 Å². The van der Waals surface area contributed by atoms with Gasteiger partial charge in [-0.2, -0.15) is 0 Å². The van der Waals surface area contributed by atoms with E-state index in [2.05, 4.69) is 36.8 Å². The van der Waals surface area contributed by atoms with Crippen LogP contribution < -0.4 is 5.73 Å². The minimum absolute atomic E-state index is 0.835. The molecule has 1 aromatic carbocycles. The molecule has 3 N–H and O–H groups in total. The van der Waals surface area contributed by atoms with Gasteiger partial charge in [-0.1, -0.05) is 12.1 Å². The van der Waals surface area contributed by atoms with Crippen LogP contribution in [0.25, 0.3) is 22.4 Å². The van der Waals surface area contributed by atoms with Crippen molar-refractivity contribution in [3.8, 4) is 11.4 Å². The Morgan fingerprint density at radius 1 is 1.22 bits per heavy atom. The number of hydrogen-bond acceptors (Lipinski definition) is 3. The second-order valence-electron chi connectivity index (χ2n) is 4.58. The molecule has 0 aliphatic carbocycles. The number of imidazole rings is 1. The van der Waals surface area contributed by atoms with Crippen molar-refractivity contribution in [3.63, 3.8) is 0 Å². The van der Waals surface area contributed by atoms with Crippen molar-refractivity contribution in [2.75, 3.05) is 5.73 Å². The quantitative estimate of drug-likeness (QED) is 0.696. The number of nitrogen functional groups attached to an aromatic ring is 1. The van der Waals surface area contributed by atoms with E-state index >= 15 is 0 Å². The minimum Gasteiger partial charge on any atom is -0.390 e. The average molecular weight is 257 g/mol. The molecule has 0 atom stereocenters. The molecule has 2 heterocycles. The molecule has 0 saturated carbocycles. The normalized spacial score (nSPS) is 11.3. The summed E-state index contributed by atoms with van der Waals surface area (Å²) in [6.45, 7) is 6.26. The van der Waals surface area contributed by atoms with Crippen LogP contribution in [0.3, 0.4) is 0 Å². The number of rotatable bonds is 1. The molecule has 4 heteroatoms. The first-order valence-electron chi connectivity index (χ1n) is 5.89. The summed E-state index contributed by atoms with van der Waals surface area (Å²) in [5.41, 5.74) is 11.6. The van der Waals surface area contributed by atoms with E-state index in [1.54, 1.807) is 11.3 Å². The minimum atomic E-state index is 0.835. The molecule has 0 amide bonds. The van der Waals surface area contributed by atoms with Crippen LogP contribution in [0.1, 0.15) is 16.0 Å². The SMILES string of the molecule is Cc1sc(N)c(-c2nc3c(C)cccc3[nH]2)c1C. The maximum absolute atomic E-state index is 6.09. The first-order valence-corrected chi connectivity index (χ1v) is 6.70. The van der Waals surface area contributed by atoms with Gasteiger partial charge < -0.3 is 10.7 Å². The third-order valence-corrected chi connectivity index (χ3v) is 4.40. The number of fused-ring (bicyclic) bond motifs is 1. The molecule has 2 aromatic heterocycles. The summed E-state index contributed by atoms with van der Waals surface area (Å²) >= 11 is 1.62. The molecule has 0 bridgehead atoms. The Morgan fingerprint density at radius 3 is 2.61 bits per heavy atom. The molecular weight excluding hydrogens is 242 g/mol. The van der Waals surface area contributed by atoms with Gasteiger partial charge in [0.25, 0.3) is 0 Å². The first kappa shape index (κ1) is 11.3. The van der Waals surface area contributed by atoms with E-state index in [9.17, 15) is 0 Å². The van der Waals surface area contributed by atoms with E-state index in [0.717, 1.165) is 27.4 Å². The fourth-order valence-corrected chi connectivity index (χ4v) is 3.18. The van der Waals surface area contributed by atoms with Crippen LogP contribution in [0.5, 0.6) is 0 Å². The highest BCUT2D eigenvalue weighted by Crippen LogP contribution is 2.37. The highest BCUT2D eigenvalue weighted by atomic mass is 32.1. The largest absolute Gasteiger partial charge is 0.390 e. The van der Waals surface area contributed by atoms with E-state index in [-0.39, 0.29) is 0 Å². The van der Waals surface area contributed by atoms with Crippen LogP contribution in [0.4, 0.5) is 5.00 Å². The van der Waals surface area contributed by atoms with E-state index in [1.165, 1.54) is 16.0 Å². The molecule has 0 radical (unpaired) electrons. The molecule has 0 saturated heterocycles. The van der Waals surface area contributed by atoms with Gasteiger partial charge in [0.05, 0.1) is 21.6 Å². The Kier molecular flexibility index (Phi) is 2.41. The summed E-state index contributed by atoms with van der Waals surface area (Å²) in [5, 5.41) is 0.835. The highest BCUT2D eigenvalue weighted by molar-refractivity contribution is 7.16. The second kappa shape index (κ2) is 3.85. The number of H-pyrrole nitrogens is 1. The van der Waals surface area contributed by atoms with Crippen LogP contribution >= 0.6 is 11.3 Å². The molecule has 0 fully saturated rings. The van der Waals surface area contributed by atoms with Gasteiger partial charge in [0.2, 0.25) is 0 Å². The number of hydrogen-bond donors (Lipinski definition) is 2. The van der Waals surface area contributed by atoms with Crippen molar-refractivity contribution < 1.29 is 0 Å². The lowest BCUT2D eigenvalue weighted by Gasteiger charge is -1.97. The molecule has 3 aromatic rings. The number of nitrogens with two attached hydrogens (primary N) is 1. The van der Waals surface area contributed by atoms with Crippen molar-refractivity contribution in [3.05, 3.63) is 34.2 Å². The van der Waals surface area contributed by atoms with Gasteiger partial charge in [0.1, 0.15) is 5.82 Å². The number of aromatic amines is 1. The highest BCUT2D eigenvalue weighted by Gasteiger charge is 2.16. The fraction of sp³-hybridized carbons (Fsp3) is 0.214. The van der Waals surface area contributed by atoms with E-state index < -0.39 is 0 Å². The van der Waals surface area contributed by atoms with Crippen molar-refractivity contribution in [2.24, 2.45) is 0 Å². The predicted molar refractivity (Wildman–Crippen MR) is 78.0 cm³/mol. The zero-order valence-corrected chi connectivity index (χ0v) is 11.5. The van der Waals surface area contributed by atoms with Crippen molar-refractivity contribution in [2.45, 2.75) is 20.8 Å². The number of para-hydroxylation sites is 1. The second-order valence-corrected chi connectivity index (χ2v) is 5.84. The number of aromatic nitrogens is 2. The summed E-state index contributed by atoms with van der Waals surface area (Å²) in [6.07, 6.45) is 0. The van der Waals surface area contributed by atoms with Gasteiger partial charge in [-0.05, 0) is 38.0 Å². The van der Waals surface area contributed by atoms with Crippen LogP contribution in [0, 0.1) is 20.8 Å². The summed E-state index contributed by atoms with van der Waals surface area (Å²) in [6, 6.07) is 6.15. The number of nitrogens with zero attached hydrogens (tertiary/aromatic N) is 1. The lowest BCUT2D eigenvalue weighted by atomic mass is 10.1. The van der Waals surface area contributed by atoms with Crippen molar-refractivity contribution in [1.29, 1.82) is 0 Å². The van der Waals surface area contributed by atoms with Crippen LogP contribution in [-0.4, -0.2) is 9.97 Å². The molecule has 3 rings (SSSR count). The van der Waals surface area contributed by atoms with Crippen LogP contribution in [0.2, 0.25) is 0 Å². The molecule has 3 nitrogen and oxygen atoms in total. The molecule has 18 heavy (non-hydrogen) atoms. The number of benzene rings is 1. The Morgan fingerprint density at radius 2 is 2.00 bits per heavy atom. The zero-order valence-electron chi connectivity index (χ0n) is 10.7. The van der Waals surface area contributed by atoms with Crippen molar-refractivity contribution in [1.82, 2.24) is 9.97 Å². The van der Waals surface area contributed by atoms with Crippen molar-refractivity contribution >= 4 is 27.4 Å². The number of anilines is 1. The van der Waals surface area contributed by atoms with E-state index in [1.807, 2.05) is 12.1 Å². The lowest BCUT2D eigenvalue weighted by molar-refractivity contribution is 1.31. The average Bonchev–Trinajstić information content (AvgIpc) is 2.83. The Hall–Kier alpha value is -1.81. The van der Waals surface area contributed by atoms with Gasteiger partial charge in [-0.15, -0.1) is 11.3 Å². The number of thiophene rings is 1. The molecule has 92 valence electrons. The van der Waals surface area contributed by atoms with Crippen LogP contribution in [-0.2, 0) is 0 Å². The van der Waals surface area contributed by atoms with E-state index in [0.29, 0.717) is 0 Å². The van der Waals surface area contributed by atoms with Gasteiger partial charge >= 0.3 is 0 Å². The Labute approximate surface area is 110 Å². The number of nitrogens with one attached hydrogen (secondary N) is 1. The Bertz CT molecular complexity index is 737. The summed E-state index contributed by atoms with van der Waals surface area (Å²) in [4.78, 5) is 9.30. The zero-order chi connectivity index (χ0) is 12.9. The summed E-state index contributed by atoms with van der Waals surface area (Å²) < 4.78 is 0. The molecule has 0 aliphatic heterocycles. The molecule has 0 spiro atoms. The van der Waals surface area contributed by atoms with E-state index in [4.69, 9.17) is 5.73 Å². The lowest BCUT2D eigenvalue weighted by Crippen LogP contribution is -1.87. The maximum atomic E-state index is 6.09. The third-order valence-electron chi connectivity index (χ3n) is 3.36. The summed E-state index contributed by atoms with van der Waals surface area (Å²) in [5.74, 6) is 0.874. The summed E-state index contributed by atoms with van der Waals surface area (Å²) in [7, 11) is 0. The predicted octanol–water partition coefficient (Wildman–Crippen LogP) is 3.80. The van der Waals surface area contributed by atoms with Gasteiger partial charge in [-0.25, -0.2) is 4.98 Å². The third kappa shape index (κ3) is 1.53. The molecule has 0 unspecified atom stereocenters. The Balaban J connectivity index is 2.29. The maximum Gasteiger partial charge on any atom is 0.141 e. The monoisotopic (exact) mass is 257 g/mol. The van der Waals surface area contributed by atoms with Crippen LogP contribution in [0.15, 0.2) is 18.2 Å². The fourth-order valence-electron chi connectivity index (χ4n) is 2.24. The molecular formula is C14H15N3S. The standard InChI is InChI=1S/C14H15N3S/c1-7-5-4-6-10-12(7)17-14(16-10)11-8(2)9(3)18-13(11)15/h4-6H,15H2,1-3H3,(H,16,17). The van der Waals surface area contributed by atoms with Gasteiger partial charge in [0.15, 0.2) is 0 Å². The molecule has 0 aliphatic rings. The van der Waals surface area contributed by atoms with Gasteiger partial charge in [-0.3, -0.25) is 0 Å².